The fourth-order valence-corrected chi connectivity index (χ4v) is 13.3. The van der Waals surface area contributed by atoms with E-state index in [4.69, 9.17) is 34.8 Å². The molecule has 11 heterocycles. The van der Waals surface area contributed by atoms with Crippen LogP contribution in [-0.2, 0) is 86.6 Å². The molecule has 0 spiro atoms. The Morgan fingerprint density at radius 3 is 1.56 bits per heavy atom. The molecule has 0 aliphatic carbocycles. The number of hydrogen-bond acceptors (Lipinski definition) is 13. The minimum atomic E-state index is -0.469. The Morgan fingerprint density at radius 1 is 0.538 bits per heavy atom. The quantitative estimate of drug-likeness (QED) is 0.132. The summed E-state index contributed by atoms with van der Waals surface area (Å²) in [5.74, 6) is 1.18. The van der Waals surface area contributed by atoms with Gasteiger partial charge in [-0.15, -0.1) is 0 Å². The Labute approximate surface area is 464 Å². The van der Waals surface area contributed by atoms with Crippen LogP contribution in [0.1, 0.15) is 69.7 Å². The molecule has 3 fully saturated rings. The predicted molar refractivity (Wildman–Crippen MR) is 294 cm³/mol. The van der Waals surface area contributed by atoms with Crippen LogP contribution in [0, 0.1) is 24.7 Å². The largest absolute Gasteiger partial charge is 0.371 e. The molecule has 5 aromatic heterocycles. The van der Waals surface area contributed by atoms with Crippen LogP contribution in [0.15, 0.2) is 82.0 Å². The third kappa shape index (κ3) is 9.50. The first-order valence-electron chi connectivity index (χ1n) is 26.6. The molecule has 78 heavy (non-hydrogen) atoms. The highest BCUT2D eigenvalue weighted by atomic mass is 35.5. The third-order valence-electron chi connectivity index (χ3n) is 17.0. The van der Waals surface area contributed by atoms with Gasteiger partial charge in [0.15, 0.2) is 0 Å². The molecule has 0 N–H and O–H groups in total. The average molecular weight is 1120 g/mol. The lowest BCUT2D eigenvalue weighted by atomic mass is 9.95. The third-order valence-corrected chi connectivity index (χ3v) is 18.2. The first kappa shape index (κ1) is 51.7. The summed E-state index contributed by atoms with van der Waals surface area (Å²) >= 11 is 20.9. The van der Waals surface area contributed by atoms with Gasteiger partial charge in [-0.05, 0) is 71.3 Å². The molecule has 0 saturated carbocycles. The van der Waals surface area contributed by atoms with Gasteiger partial charge in [0.1, 0.15) is 33.5 Å². The van der Waals surface area contributed by atoms with E-state index in [1.54, 1.807) is 56.4 Å². The molecule has 22 heteroatoms. The smallest absolute Gasteiger partial charge is 0.269 e. The molecule has 0 radical (unpaired) electrons. The van der Waals surface area contributed by atoms with Crippen LogP contribution < -0.4 is 31.4 Å². The van der Waals surface area contributed by atoms with Gasteiger partial charge in [-0.2, -0.15) is 0 Å². The number of anilines is 3. The van der Waals surface area contributed by atoms with Gasteiger partial charge in [-0.1, -0.05) is 53.0 Å². The highest BCUT2D eigenvalue weighted by molar-refractivity contribution is 6.32. The van der Waals surface area contributed by atoms with Gasteiger partial charge in [0, 0.05) is 145 Å². The van der Waals surface area contributed by atoms with E-state index in [2.05, 4.69) is 46.8 Å². The number of rotatable bonds is 15. The van der Waals surface area contributed by atoms with Crippen molar-refractivity contribution >= 4 is 69.7 Å². The molecule has 6 aliphatic heterocycles. The predicted octanol–water partition coefficient (Wildman–Crippen LogP) is 5.15. The summed E-state index contributed by atoms with van der Waals surface area (Å²) in [6.07, 6.45) is 9.58. The van der Waals surface area contributed by atoms with Gasteiger partial charge >= 0.3 is 0 Å². The number of aromatic nitrogens is 7. The number of para-hydroxylation sites is 1. The number of fused-ring (bicyclic) bond motifs is 3. The molecule has 1 aromatic carbocycles. The summed E-state index contributed by atoms with van der Waals surface area (Å²) in [5.41, 5.74) is 6.89. The molecule has 0 bridgehead atoms. The van der Waals surface area contributed by atoms with E-state index in [1.165, 1.54) is 17.2 Å². The molecule has 6 aromatic rings. The Balaban J connectivity index is 0.787. The van der Waals surface area contributed by atoms with Gasteiger partial charge < -0.3 is 43.1 Å². The van der Waals surface area contributed by atoms with Crippen LogP contribution in [-0.4, -0.2) is 105 Å². The summed E-state index contributed by atoms with van der Waals surface area (Å²) in [7, 11) is 1.67. The summed E-state index contributed by atoms with van der Waals surface area (Å²) in [5, 5.41) is 0.0762. The highest BCUT2D eigenvalue weighted by Gasteiger charge is 2.39. The zero-order valence-electron chi connectivity index (χ0n) is 43.4. The summed E-state index contributed by atoms with van der Waals surface area (Å²) in [6, 6.07) is 12.0. The molecule has 0 atom stereocenters. The summed E-state index contributed by atoms with van der Waals surface area (Å²) in [6.45, 7) is 7.74. The Bertz CT molecular complexity index is 3560. The molecule has 3 amide bonds. The van der Waals surface area contributed by atoms with Crippen molar-refractivity contribution in [1.82, 2.24) is 48.3 Å². The van der Waals surface area contributed by atoms with E-state index >= 15 is 0 Å². The fourth-order valence-electron chi connectivity index (χ4n) is 12.5. The molecular formula is C56H58Cl3N13O6. The van der Waals surface area contributed by atoms with E-state index in [0.29, 0.717) is 85.8 Å². The van der Waals surface area contributed by atoms with E-state index < -0.39 is 11.1 Å². The Morgan fingerprint density at radius 2 is 1.01 bits per heavy atom. The van der Waals surface area contributed by atoms with Crippen molar-refractivity contribution in [2.24, 2.45) is 24.8 Å². The van der Waals surface area contributed by atoms with Crippen LogP contribution in [0.2, 0.25) is 15.1 Å². The van der Waals surface area contributed by atoms with Gasteiger partial charge in [0.25, 0.3) is 16.7 Å². The normalized spacial score (nSPS) is 17.0. The van der Waals surface area contributed by atoms with Crippen molar-refractivity contribution in [2.45, 2.75) is 91.4 Å². The monoisotopic (exact) mass is 1110 g/mol. The Hall–Kier alpha value is -7.09. The maximum Gasteiger partial charge on any atom is 0.269 e. The van der Waals surface area contributed by atoms with Crippen molar-refractivity contribution in [1.29, 1.82) is 0 Å². The number of hydrogen-bond donors (Lipinski definition) is 0. The number of carbonyl (C=O) groups excluding carboxylic acids is 3. The average Bonchev–Trinajstić information content (AvgIpc) is 4.20. The van der Waals surface area contributed by atoms with Crippen LogP contribution in [0.4, 0.5) is 17.2 Å². The number of halogens is 3. The number of amides is 3. The zero-order chi connectivity index (χ0) is 54.1. The van der Waals surface area contributed by atoms with Crippen LogP contribution in [0.25, 0.3) is 0 Å². The second kappa shape index (κ2) is 20.9. The van der Waals surface area contributed by atoms with Gasteiger partial charge in [0.2, 0.25) is 17.7 Å². The maximum absolute atomic E-state index is 14.8. The second-order valence-corrected chi connectivity index (χ2v) is 22.9. The van der Waals surface area contributed by atoms with Gasteiger partial charge in [-0.25, -0.2) is 19.9 Å². The van der Waals surface area contributed by atoms with Crippen molar-refractivity contribution in [2.75, 3.05) is 54.0 Å². The van der Waals surface area contributed by atoms with Crippen LogP contribution >= 0.6 is 34.8 Å². The first-order valence-corrected chi connectivity index (χ1v) is 27.7. The standard InChI is InChI=1S/C56H58Cl3N13O6/c1-33-41-25-68(48(73)15-35-21-66(22-35)38-17-61-31-62-18-38)29-45(41)71(55(77)51(33)57)12-10-40-43-27-70(50(75)16-36-23-67(24-36)47-8-11-60-32-63-47)30-46(43)72(56(78)53(40)59)13-9-39-42-26-69(28-44(42)64(2)54(76)52(39)58)49(74)14-34-19-65(20-34)37-6-4-3-5-7-37/h3-8,11,17-18,31-32,34-36H,9-10,12-16,19-30H2,1-2H3. The van der Waals surface area contributed by atoms with Crippen molar-refractivity contribution in [3.05, 3.63) is 164 Å². The molecule has 0 unspecified atom stereocenters. The van der Waals surface area contributed by atoms with Gasteiger partial charge in [0.05, 0.1) is 37.7 Å². The molecular weight excluding hydrogens is 1060 g/mol. The highest BCUT2D eigenvalue weighted by Crippen LogP contribution is 2.37. The van der Waals surface area contributed by atoms with Gasteiger partial charge in [-0.3, -0.25) is 28.8 Å². The number of nitrogens with zero attached hydrogens (tertiary/aromatic N) is 13. The van der Waals surface area contributed by atoms with Crippen molar-refractivity contribution in [3.8, 4) is 0 Å². The second-order valence-electron chi connectivity index (χ2n) is 21.8. The van der Waals surface area contributed by atoms with E-state index in [0.717, 1.165) is 47.0 Å². The lowest BCUT2D eigenvalue weighted by molar-refractivity contribution is -0.133. The Kier molecular flexibility index (Phi) is 13.9. The SMILES string of the molecule is Cc1c2c(n(CCc3c4c(n(CCc5c6c(n(C)c(=O)c5Cl)CN(C(=O)CC5CN(c7ccccc7)C5)C6)c(=O)c3Cl)CN(C(=O)CC3CN(c5ccncn5)C3)C4)c(=O)c1Cl)CN(C(=O)CC1CN(c3cncnc3)C1)C2. The summed E-state index contributed by atoms with van der Waals surface area (Å²) in [4.78, 5) is 113. The van der Waals surface area contributed by atoms with E-state index in [9.17, 15) is 28.8 Å². The molecule has 6 aliphatic rings. The minimum absolute atomic E-state index is 0.00521. The van der Waals surface area contributed by atoms with Crippen molar-refractivity contribution in [3.63, 3.8) is 0 Å². The molecule has 3 saturated heterocycles. The number of carbonyl (C=O) groups is 3. The van der Waals surface area contributed by atoms with Crippen LogP contribution in [0.5, 0.6) is 0 Å². The molecule has 404 valence electrons. The summed E-state index contributed by atoms with van der Waals surface area (Å²) < 4.78 is 4.74. The molecule has 19 nitrogen and oxygen atoms in total. The lowest BCUT2D eigenvalue weighted by Gasteiger charge is -2.41. The number of pyridine rings is 3. The van der Waals surface area contributed by atoms with Crippen LogP contribution in [0.3, 0.4) is 0 Å². The number of benzene rings is 1. The van der Waals surface area contributed by atoms with E-state index in [-0.39, 0.29) is 115 Å². The minimum Gasteiger partial charge on any atom is -0.371 e. The van der Waals surface area contributed by atoms with Crippen molar-refractivity contribution < 1.29 is 14.4 Å². The molecule has 12 rings (SSSR count). The fraction of sp³-hybridized carbons (Fsp3) is 0.429. The first-order chi connectivity index (χ1) is 37.7. The zero-order valence-corrected chi connectivity index (χ0v) is 45.7. The maximum atomic E-state index is 14.8. The lowest BCUT2D eigenvalue weighted by Crippen LogP contribution is -2.49. The topological polar surface area (TPSA) is 188 Å². The van der Waals surface area contributed by atoms with E-state index in [1.807, 2.05) is 24.3 Å².